The second-order valence-corrected chi connectivity index (χ2v) is 4.71. The first-order chi connectivity index (χ1) is 9.08. The van der Waals surface area contributed by atoms with Gasteiger partial charge in [0.2, 0.25) is 5.91 Å². The summed E-state index contributed by atoms with van der Waals surface area (Å²) in [5, 5.41) is 4.30. The van der Waals surface area contributed by atoms with E-state index >= 15 is 0 Å². The zero-order valence-electron chi connectivity index (χ0n) is 11.0. The van der Waals surface area contributed by atoms with Gasteiger partial charge in [0.05, 0.1) is 23.5 Å². The molecule has 102 valence electrons. The molecule has 0 fully saturated rings. The van der Waals surface area contributed by atoms with Crippen molar-refractivity contribution in [2.75, 3.05) is 26.7 Å². The van der Waals surface area contributed by atoms with Crippen LogP contribution in [-0.4, -0.2) is 43.4 Å². The summed E-state index contributed by atoms with van der Waals surface area (Å²) in [4.78, 5) is 25.7. The third-order valence-corrected chi connectivity index (χ3v) is 3.32. The second-order valence-electron chi connectivity index (χ2n) is 3.80. The van der Waals surface area contributed by atoms with Gasteiger partial charge in [0, 0.05) is 19.0 Å². The fourth-order valence-electron chi connectivity index (χ4n) is 1.23. The molecular formula is C13H17N3O2S. The molecule has 2 amide bonds. The van der Waals surface area contributed by atoms with E-state index in [1.54, 1.807) is 23.4 Å². The van der Waals surface area contributed by atoms with E-state index in [-0.39, 0.29) is 24.9 Å². The van der Waals surface area contributed by atoms with Crippen LogP contribution in [0, 0.1) is 11.8 Å². The number of hydrogen-bond acceptors (Lipinski definition) is 4. The summed E-state index contributed by atoms with van der Waals surface area (Å²) in [6, 6.07) is 1.69. The normalized spacial score (nSPS) is 9.42. The highest BCUT2D eigenvalue weighted by Crippen LogP contribution is 2.13. The molecule has 0 radical (unpaired) electrons. The van der Waals surface area contributed by atoms with Gasteiger partial charge in [0.1, 0.15) is 0 Å². The third kappa shape index (κ3) is 4.73. The Morgan fingerprint density at radius 1 is 1.53 bits per heavy atom. The average Bonchev–Trinajstić information content (AvgIpc) is 2.89. The lowest BCUT2D eigenvalue weighted by atomic mass is 10.3. The molecule has 0 unspecified atom stereocenters. The number of carbonyl (C=O) groups is 2. The molecular weight excluding hydrogens is 262 g/mol. The maximum Gasteiger partial charge on any atom is 0.252 e. The van der Waals surface area contributed by atoms with E-state index in [0.29, 0.717) is 12.1 Å². The quantitative estimate of drug-likeness (QED) is 0.777. The highest BCUT2D eigenvalue weighted by Gasteiger charge is 2.11. The Balaban J connectivity index is 2.54. The maximum atomic E-state index is 11.8. The van der Waals surface area contributed by atoms with Gasteiger partial charge in [0.15, 0.2) is 0 Å². The van der Waals surface area contributed by atoms with Crippen molar-refractivity contribution in [3.8, 4) is 11.8 Å². The van der Waals surface area contributed by atoms with Crippen molar-refractivity contribution < 1.29 is 9.59 Å². The number of nitrogens with two attached hydrogens (primary N) is 1. The Morgan fingerprint density at radius 3 is 2.89 bits per heavy atom. The van der Waals surface area contributed by atoms with E-state index in [2.05, 4.69) is 17.2 Å². The third-order valence-electron chi connectivity index (χ3n) is 2.48. The summed E-state index contributed by atoms with van der Waals surface area (Å²) in [6.45, 7) is 2.78. The van der Waals surface area contributed by atoms with Crippen molar-refractivity contribution in [2.45, 2.75) is 6.92 Å². The lowest BCUT2D eigenvalue weighted by molar-refractivity contribution is -0.128. The number of nitrogens with zero attached hydrogens (tertiary/aromatic N) is 1. The average molecular weight is 279 g/mol. The number of likely N-dealkylation sites (N-methyl/N-ethyl adjacent to an activating group) is 1. The minimum absolute atomic E-state index is 0.00281. The molecule has 6 heteroatoms. The van der Waals surface area contributed by atoms with Gasteiger partial charge in [-0.1, -0.05) is 11.8 Å². The lowest BCUT2D eigenvalue weighted by Crippen LogP contribution is -2.37. The second kappa shape index (κ2) is 7.56. The molecule has 1 aromatic heterocycles. The minimum Gasteiger partial charge on any atom is -0.345 e. The van der Waals surface area contributed by atoms with Gasteiger partial charge in [-0.05, 0) is 13.0 Å². The zero-order chi connectivity index (χ0) is 14.3. The van der Waals surface area contributed by atoms with Gasteiger partial charge in [0.25, 0.3) is 5.91 Å². The van der Waals surface area contributed by atoms with Crippen molar-refractivity contribution in [1.82, 2.24) is 10.2 Å². The number of rotatable bonds is 4. The predicted octanol–water partition coefficient (Wildman–Crippen LogP) is 0.266. The van der Waals surface area contributed by atoms with Gasteiger partial charge in [-0.25, -0.2) is 0 Å². The highest BCUT2D eigenvalue weighted by atomic mass is 32.1. The van der Waals surface area contributed by atoms with Gasteiger partial charge >= 0.3 is 0 Å². The number of carbonyl (C=O) groups excluding carboxylic acids is 2. The Morgan fingerprint density at radius 2 is 2.26 bits per heavy atom. The van der Waals surface area contributed by atoms with Crippen molar-refractivity contribution >= 4 is 23.2 Å². The van der Waals surface area contributed by atoms with Crippen molar-refractivity contribution in [3.05, 3.63) is 21.9 Å². The fraction of sp³-hybridized carbons (Fsp3) is 0.385. The first-order valence-corrected chi connectivity index (χ1v) is 6.76. The summed E-state index contributed by atoms with van der Waals surface area (Å²) >= 11 is 1.38. The van der Waals surface area contributed by atoms with E-state index in [1.165, 1.54) is 11.3 Å². The van der Waals surface area contributed by atoms with Crippen LogP contribution in [0.1, 0.15) is 22.2 Å². The van der Waals surface area contributed by atoms with Crippen LogP contribution in [0.5, 0.6) is 0 Å². The van der Waals surface area contributed by atoms with Crippen LogP contribution in [0.25, 0.3) is 0 Å². The molecule has 0 aliphatic heterocycles. The van der Waals surface area contributed by atoms with E-state index in [1.807, 2.05) is 6.92 Å². The zero-order valence-corrected chi connectivity index (χ0v) is 11.8. The Kier molecular flexibility index (Phi) is 6.06. The summed E-state index contributed by atoms with van der Waals surface area (Å²) in [6.07, 6.45) is 0. The van der Waals surface area contributed by atoms with Crippen LogP contribution < -0.4 is 11.1 Å². The largest absolute Gasteiger partial charge is 0.345 e. The number of nitrogens with one attached hydrogen (secondary N) is 1. The van der Waals surface area contributed by atoms with Gasteiger partial charge in [-0.15, -0.1) is 11.3 Å². The summed E-state index contributed by atoms with van der Waals surface area (Å²) in [5.74, 6) is 5.20. The monoisotopic (exact) mass is 279 g/mol. The summed E-state index contributed by atoms with van der Waals surface area (Å²) in [5.41, 5.74) is 5.79. The summed E-state index contributed by atoms with van der Waals surface area (Å²) in [7, 11) is 1.69. The first kappa shape index (κ1) is 15.2. The lowest BCUT2D eigenvalue weighted by Gasteiger charge is -2.14. The van der Waals surface area contributed by atoms with Crippen LogP contribution in [0.2, 0.25) is 0 Å². The number of amides is 2. The van der Waals surface area contributed by atoms with Crippen LogP contribution >= 0.6 is 11.3 Å². The maximum absolute atomic E-state index is 11.8. The molecule has 0 aliphatic rings. The van der Waals surface area contributed by atoms with Crippen molar-refractivity contribution in [3.63, 3.8) is 0 Å². The molecule has 0 spiro atoms. The molecule has 3 N–H and O–H groups in total. The fourth-order valence-corrected chi connectivity index (χ4v) is 1.98. The van der Waals surface area contributed by atoms with Crippen LogP contribution in [-0.2, 0) is 4.79 Å². The molecule has 0 aliphatic carbocycles. The Labute approximate surface area is 116 Å². The molecule has 1 heterocycles. The molecule has 0 saturated heterocycles. The summed E-state index contributed by atoms with van der Waals surface area (Å²) < 4.78 is 0. The number of hydrogen-bond donors (Lipinski definition) is 2. The van der Waals surface area contributed by atoms with Gasteiger partial charge in [-0.2, -0.15) is 0 Å². The van der Waals surface area contributed by atoms with Gasteiger partial charge in [-0.3, -0.25) is 9.59 Å². The predicted molar refractivity (Wildman–Crippen MR) is 75.9 cm³/mol. The van der Waals surface area contributed by atoms with E-state index in [0.717, 1.165) is 4.88 Å². The molecule has 0 saturated carbocycles. The first-order valence-electron chi connectivity index (χ1n) is 5.88. The number of thiophene rings is 1. The minimum atomic E-state index is -0.269. The van der Waals surface area contributed by atoms with Crippen LogP contribution in [0.15, 0.2) is 11.4 Å². The van der Waals surface area contributed by atoms with Crippen molar-refractivity contribution in [2.24, 2.45) is 5.73 Å². The van der Waals surface area contributed by atoms with E-state index in [9.17, 15) is 9.59 Å². The standard InChI is InChI=1S/C13H17N3O2S/c1-3-16(2)12(17)8-15-13(18)10-7-11(19-9-10)5-4-6-14/h7,9H,3,6,8,14H2,1-2H3,(H,15,18). The molecule has 1 aromatic rings. The molecule has 19 heavy (non-hydrogen) atoms. The Hall–Kier alpha value is -1.84. The van der Waals surface area contributed by atoms with Crippen molar-refractivity contribution in [1.29, 1.82) is 0 Å². The van der Waals surface area contributed by atoms with Gasteiger partial charge < -0.3 is 16.0 Å². The Bertz CT molecular complexity index is 513. The van der Waals surface area contributed by atoms with Crippen LogP contribution in [0.3, 0.4) is 0 Å². The SMILES string of the molecule is CCN(C)C(=O)CNC(=O)c1csc(C#CCN)c1. The van der Waals surface area contributed by atoms with E-state index < -0.39 is 0 Å². The molecule has 0 aromatic carbocycles. The molecule has 1 rings (SSSR count). The molecule has 0 bridgehead atoms. The molecule has 5 nitrogen and oxygen atoms in total. The van der Waals surface area contributed by atoms with E-state index in [4.69, 9.17) is 5.73 Å². The molecule has 0 atom stereocenters. The van der Waals surface area contributed by atoms with Crippen LogP contribution in [0.4, 0.5) is 0 Å². The smallest absolute Gasteiger partial charge is 0.252 e. The topological polar surface area (TPSA) is 75.4 Å². The highest BCUT2D eigenvalue weighted by molar-refractivity contribution is 7.10.